The number of aromatic nitrogens is 3. The van der Waals surface area contributed by atoms with Crippen molar-refractivity contribution in [2.45, 2.75) is 24.5 Å². The molecule has 0 amide bonds. The molecule has 1 N–H and O–H groups in total. The number of halogens is 1. The second-order valence-corrected chi connectivity index (χ2v) is 6.49. The van der Waals surface area contributed by atoms with Crippen LogP contribution in [0.4, 0.5) is 0 Å². The fourth-order valence-electron chi connectivity index (χ4n) is 1.93. The van der Waals surface area contributed by atoms with E-state index in [1.807, 2.05) is 10.6 Å². The number of thioether (sulfide) groups is 1. The largest absolute Gasteiger partial charge is 0.481 e. The number of hydrogen-bond acceptors (Lipinski definition) is 4. The van der Waals surface area contributed by atoms with E-state index in [1.54, 1.807) is 6.20 Å². The summed E-state index contributed by atoms with van der Waals surface area (Å²) in [5, 5.41) is 9.54. The Balaban J connectivity index is 1.99. The van der Waals surface area contributed by atoms with Crippen molar-refractivity contribution in [2.24, 2.45) is 5.92 Å². The second-order valence-electron chi connectivity index (χ2n) is 4.63. The van der Waals surface area contributed by atoms with Crippen LogP contribution in [-0.4, -0.2) is 31.4 Å². The summed E-state index contributed by atoms with van der Waals surface area (Å²) in [4.78, 5) is 19.6. The predicted octanol–water partition coefficient (Wildman–Crippen LogP) is 2.78. The maximum absolute atomic E-state index is 10.7. The topological polar surface area (TPSA) is 68.0 Å². The highest BCUT2D eigenvalue weighted by molar-refractivity contribution is 9.10. The Morgan fingerprint density at radius 3 is 3.05 bits per heavy atom. The van der Waals surface area contributed by atoms with E-state index in [1.165, 1.54) is 24.6 Å². The molecule has 1 saturated carbocycles. The normalized spacial score (nSPS) is 15.0. The summed E-state index contributed by atoms with van der Waals surface area (Å²) in [7, 11) is 0. The summed E-state index contributed by atoms with van der Waals surface area (Å²) in [5.41, 5.74) is 1.64. The number of hydrogen-bond donors (Lipinski definition) is 1. The van der Waals surface area contributed by atoms with Gasteiger partial charge in [-0.05, 0) is 40.8 Å². The van der Waals surface area contributed by atoms with Gasteiger partial charge in [0.2, 0.25) is 0 Å². The standard InChI is InChI=1S/C12H12BrN3O2S/c13-8-3-9-11(14-4-8)16(5-7-1-2-7)12(15-9)19-6-10(17)18/h3-4,7H,1-2,5-6H2,(H,17,18). The third kappa shape index (κ3) is 2.92. The quantitative estimate of drug-likeness (QED) is 0.847. The van der Waals surface area contributed by atoms with E-state index in [0.717, 1.165) is 27.3 Å². The van der Waals surface area contributed by atoms with Crippen molar-refractivity contribution in [1.82, 2.24) is 14.5 Å². The summed E-state index contributed by atoms with van der Waals surface area (Å²) in [6, 6.07) is 1.91. The lowest BCUT2D eigenvalue weighted by molar-refractivity contribution is -0.133. The minimum atomic E-state index is -0.829. The fraction of sp³-hybridized carbons (Fsp3) is 0.417. The highest BCUT2D eigenvalue weighted by Crippen LogP contribution is 2.34. The molecule has 3 rings (SSSR count). The van der Waals surface area contributed by atoms with Crippen molar-refractivity contribution in [3.05, 3.63) is 16.7 Å². The average molecular weight is 342 g/mol. The number of aliphatic carboxylic acids is 1. The fourth-order valence-corrected chi connectivity index (χ4v) is 2.98. The van der Waals surface area contributed by atoms with Crippen molar-refractivity contribution in [2.75, 3.05) is 5.75 Å². The van der Waals surface area contributed by atoms with Gasteiger partial charge >= 0.3 is 5.97 Å². The zero-order valence-corrected chi connectivity index (χ0v) is 12.4. The molecular weight excluding hydrogens is 330 g/mol. The number of fused-ring (bicyclic) bond motifs is 1. The molecule has 0 aliphatic heterocycles. The summed E-state index contributed by atoms with van der Waals surface area (Å²) in [5.74, 6) is -0.119. The van der Waals surface area contributed by atoms with Crippen molar-refractivity contribution >= 4 is 44.8 Å². The minimum Gasteiger partial charge on any atom is -0.481 e. The van der Waals surface area contributed by atoms with Crippen LogP contribution in [0, 0.1) is 5.92 Å². The molecule has 0 unspecified atom stereocenters. The summed E-state index contributed by atoms with van der Waals surface area (Å²) >= 11 is 4.63. The summed E-state index contributed by atoms with van der Waals surface area (Å²) < 4.78 is 2.93. The molecule has 19 heavy (non-hydrogen) atoms. The van der Waals surface area contributed by atoms with E-state index in [2.05, 4.69) is 25.9 Å². The Labute approximate surface area is 122 Å². The minimum absolute atomic E-state index is 0.0230. The molecule has 1 aliphatic rings. The molecular formula is C12H12BrN3O2S. The molecule has 1 fully saturated rings. The van der Waals surface area contributed by atoms with E-state index in [-0.39, 0.29) is 5.75 Å². The Kier molecular flexibility index (Phi) is 3.49. The summed E-state index contributed by atoms with van der Waals surface area (Å²) in [6.07, 6.45) is 4.22. The van der Waals surface area contributed by atoms with Crippen LogP contribution in [-0.2, 0) is 11.3 Å². The molecule has 0 bridgehead atoms. The first kappa shape index (κ1) is 12.9. The Morgan fingerprint density at radius 1 is 1.58 bits per heavy atom. The molecule has 2 heterocycles. The van der Waals surface area contributed by atoms with Gasteiger partial charge < -0.3 is 9.67 Å². The third-order valence-corrected chi connectivity index (χ3v) is 4.37. The maximum atomic E-state index is 10.7. The van der Waals surface area contributed by atoms with Gasteiger partial charge in [-0.1, -0.05) is 11.8 Å². The van der Waals surface area contributed by atoms with Gasteiger partial charge in [-0.2, -0.15) is 0 Å². The second kappa shape index (κ2) is 5.13. The zero-order chi connectivity index (χ0) is 13.4. The monoisotopic (exact) mass is 341 g/mol. The highest BCUT2D eigenvalue weighted by Gasteiger charge is 2.25. The first-order chi connectivity index (χ1) is 9.13. The molecule has 0 saturated heterocycles. The number of carboxylic acid groups (broad SMARTS) is 1. The van der Waals surface area contributed by atoms with Crippen LogP contribution in [0.2, 0.25) is 0 Å². The molecule has 2 aromatic rings. The van der Waals surface area contributed by atoms with Crippen molar-refractivity contribution < 1.29 is 9.90 Å². The van der Waals surface area contributed by atoms with E-state index in [9.17, 15) is 4.79 Å². The van der Waals surface area contributed by atoms with Gasteiger partial charge in [-0.25, -0.2) is 9.97 Å². The number of carbonyl (C=O) groups is 1. The van der Waals surface area contributed by atoms with Crippen molar-refractivity contribution in [1.29, 1.82) is 0 Å². The zero-order valence-electron chi connectivity index (χ0n) is 10.0. The van der Waals surface area contributed by atoms with Crippen LogP contribution in [0.25, 0.3) is 11.2 Å². The highest BCUT2D eigenvalue weighted by atomic mass is 79.9. The van der Waals surface area contributed by atoms with Gasteiger partial charge in [0.05, 0.1) is 5.75 Å². The summed E-state index contributed by atoms with van der Waals surface area (Å²) in [6.45, 7) is 0.882. The third-order valence-electron chi connectivity index (χ3n) is 2.98. The Morgan fingerprint density at radius 2 is 2.37 bits per heavy atom. The molecule has 7 heteroatoms. The lowest BCUT2D eigenvalue weighted by atomic mass is 10.4. The molecule has 1 aliphatic carbocycles. The van der Waals surface area contributed by atoms with Gasteiger partial charge in [0, 0.05) is 17.2 Å². The van der Waals surface area contributed by atoms with Crippen LogP contribution in [0.3, 0.4) is 0 Å². The van der Waals surface area contributed by atoms with E-state index in [4.69, 9.17) is 5.11 Å². The number of carboxylic acids is 1. The van der Waals surface area contributed by atoms with Gasteiger partial charge in [0.25, 0.3) is 0 Å². The number of imidazole rings is 1. The van der Waals surface area contributed by atoms with Gasteiger partial charge in [0.1, 0.15) is 5.52 Å². The number of nitrogens with zero attached hydrogens (tertiary/aromatic N) is 3. The van der Waals surface area contributed by atoms with Crippen LogP contribution in [0.1, 0.15) is 12.8 Å². The first-order valence-corrected chi connectivity index (χ1v) is 7.77. The molecule has 5 nitrogen and oxygen atoms in total. The van der Waals surface area contributed by atoms with E-state index in [0.29, 0.717) is 5.92 Å². The van der Waals surface area contributed by atoms with Crippen LogP contribution < -0.4 is 0 Å². The lowest BCUT2D eigenvalue weighted by Crippen LogP contribution is -2.05. The Hall–Kier alpha value is -1.08. The molecule has 100 valence electrons. The Bertz CT molecular complexity index is 639. The van der Waals surface area contributed by atoms with Gasteiger partial charge in [-0.3, -0.25) is 4.79 Å². The van der Waals surface area contributed by atoms with Gasteiger partial charge in [-0.15, -0.1) is 0 Å². The van der Waals surface area contributed by atoms with Crippen molar-refractivity contribution in [3.63, 3.8) is 0 Å². The SMILES string of the molecule is O=C(O)CSc1nc2cc(Br)cnc2n1CC1CC1. The smallest absolute Gasteiger partial charge is 0.313 e. The van der Waals surface area contributed by atoms with Gasteiger partial charge in [0.15, 0.2) is 10.8 Å². The van der Waals surface area contributed by atoms with Crippen LogP contribution >= 0.6 is 27.7 Å². The molecule has 0 atom stereocenters. The number of rotatable bonds is 5. The van der Waals surface area contributed by atoms with E-state index < -0.39 is 5.97 Å². The van der Waals surface area contributed by atoms with Crippen molar-refractivity contribution in [3.8, 4) is 0 Å². The molecule has 2 aromatic heterocycles. The predicted molar refractivity (Wildman–Crippen MR) is 76.3 cm³/mol. The average Bonchev–Trinajstić information content (AvgIpc) is 3.10. The molecule has 0 radical (unpaired) electrons. The van der Waals surface area contributed by atoms with Crippen LogP contribution in [0.15, 0.2) is 21.9 Å². The molecule has 0 spiro atoms. The molecule has 0 aromatic carbocycles. The first-order valence-electron chi connectivity index (χ1n) is 6.00. The van der Waals surface area contributed by atoms with Crippen LogP contribution in [0.5, 0.6) is 0 Å². The lowest BCUT2D eigenvalue weighted by Gasteiger charge is -2.06. The maximum Gasteiger partial charge on any atom is 0.313 e. The number of pyridine rings is 1. The van der Waals surface area contributed by atoms with E-state index >= 15 is 0 Å².